The van der Waals surface area contributed by atoms with Gasteiger partial charge in [0.05, 0.1) is 6.61 Å². The van der Waals surface area contributed by atoms with Gasteiger partial charge in [-0.3, -0.25) is 4.72 Å². The predicted molar refractivity (Wildman–Crippen MR) is 86.2 cm³/mol. The van der Waals surface area contributed by atoms with Crippen molar-refractivity contribution in [3.63, 3.8) is 0 Å². The zero-order valence-corrected chi connectivity index (χ0v) is 13.7. The SMILES string of the molecule is CCCc1ccc(NS(=O)(=O)c2cc(CO)sc2C)cc1. The largest absolute Gasteiger partial charge is 0.391 e. The number of hydrogen-bond donors (Lipinski definition) is 2. The van der Waals surface area contributed by atoms with Crippen LogP contribution in [0, 0.1) is 6.92 Å². The molecule has 0 spiro atoms. The van der Waals surface area contributed by atoms with Crippen LogP contribution >= 0.6 is 11.3 Å². The molecule has 1 aromatic carbocycles. The summed E-state index contributed by atoms with van der Waals surface area (Å²) in [6.45, 7) is 3.70. The van der Waals surface area contributed by atoms with Crippen LogP contribution in [0.5, 0.6) is 0 Å². The Labute approximate surface area is 129 Å². The summed E-state index contributed by atoms with van der Waals surface area (Å²) in [6.07, 6.45) is 2.04. The molecule has 2 rings (SSSR count). The van der Waals surface area contributed by atoms with Crippen molar-refractivity contribution in [3.8, 4) is 0 Å². The van der Waals surface area contributed by atoms with Gasteiger partial charge in [0.1, 0.15) is 4.90 Å². The molecule has 0 saturated heterocycles. The summed E-state index contributed by atoms with van der Waals surface area (Å²) < 4.78 is 27.3. The van der Waals surface area contributed by atoms with Crippen molar-refractivity contribution in [1.82, 2.24) is 0 Å². The first-order chi connectivity index (χ1) is 9.96. The predicted octanol–water partition coefficient (Wildman–Crippen LogP) is 3.30. The molecule has 6 heteroatoms. The zero-order valence-electron chi connectivity index (χ0n) is 12.1. The number of sulfonamides is 1. The normalized spacial score (nSPS) is 11.6. The molecule has 1 aromatic heterocycles. The lowest BCUT2D eigenvalue weighted by molar-refractivity contribution is 0.285. The first kappa shape index (κ1) is 16.0. The highest BCUT2D eigenvalue weighted by molar-refractivity contribution is 7.93. The second-order valence-corrected chi connectivity index (χ2v) is 7.84. The average molecular weight is 325 g/mol. The van der Waals surface area contributed by atoms with Crippen LogP contribution in [0.2, 0.25) is 0 Å². The van der Waals surface area contributed by atoms with E-state index in [0.29, 0.717) is 15.4 Å². The molecule has 21 heavy (non-hydrogen) atoms. The van der Waals surface area contributed by atoms with Gasteiger partial charge in [0.25, 0.3) is 10.0 Å². The van der Waals surface area contributed by atoms with Crippen LogP contribution < -0.4 is 4.72 Å². The van der Waals surface area contributed by atoms with Gasteiger partial charge in [-0.1, -0.05) is 25.5 Å². The van der Waals surface area contributed by atoms with Gasteiger partial charge in [0.15, 0.2) is 0 Å². The van der Waals surface area contributed by atoms with Crippen LogP contribution in [-0.2, 0) is 23.1 Å². The second kappa shape index (κ2) is 6.60. The van der Waals surface area contributed by atoms with E-state index in [1.165, 1.54) is 23.0 Å². The van der Waals surface area contributed by atoms with Crippen molar-refractivity contribution in [2.75, 3.05) is 4.72 Å². The van der Waals surface area contributed by atoms with Crippen molar-refractivity contribution in [2.45, 2.75) is 38.2 Å². The third-order valence-electron chi connectivity index (χ3n) is 3.11. The number of aliphatic hydroxyl groups excluding tert-OH is 1. The van der Waals surface area contributed by atoms with E-state index in [9.17, 15) is 8.42 Å². The van der Waals surface area contributed by atoms with Crippen LogP contribution in [-0.4, -0.2) is 13.5 Å². The van der Waals surface area contributed by atoms with Crippen molar-refractivity contribution in [1.29, 1.82) is 0 Å². The number of aryl methyl sites for hydroxylation is 2. The molecule has 0 fully saturated rings. The van der Waals surface area contributed by atoms with Crippen molar-refractivity contribution in [3.05, 3.63) is 45.6 Å². The van der Waals surface area contributed by atoms with E-state index in [0.717, 1.165) is 12.8 Å². The lowest BCUT2D eigenvalue weighted by atomic mass is 10.1. The third kappa shape index (κ3) is 3.84. The minimum Gasteiger partial charge on any atom is -0.391 e. The van der Waals surface area contributed by atoms with Crippen LogP contribution in [0.15, 0.2) is 35.2 Å². The molecular formula is C15H19NO3S2. The fourth-order valence-corrected chi connectivity index (χ4v) is 4.66. The van der Waals surface area contributed by atoms with E-state index in [1.807, 2.05) is 12.1 Å². The Balaban J connectivity index is 2.22. The first-order valence-corrected chi connectivity index (χ1v) is 9.08. The fourth-order valence-electron chi connectivity index (χ4n) is 2.11. The highest BCUT2D eigenvalue weighted by Gasteiger charge is 2.19. The van der Waals surface area contributed by atoms with Crippen molar-refractivity contribution >= 4 is 27.0 Å². The summed E-state index contributed by atoms with van der Waals surface area (Å²) in [5, 5.41) is 9.11. The fraction of sp³-hybridized carbons (Fsp3) is 0.333. The Morgan fingerprint density at radius 2 is 1.90 bits per heavy atom. The Bertz CT molecular complexity index is 703. The van der Waals surface area contributed by atoms with Gasteiger partial charge >= 0.3 is 0 Å². The quantitative estimate of drug-likeness (QED) is 0.856. The van der Waals surface area contributed by atoms with E-state index in [-0.39, 0.29) is 11.5 Å². The molecule has 4 nitrogen and oxygen atoms in total. The van der Waals surface area contributed by atoms with Crippen LogP contribution in [0.1, 0.15) is 28.7 Å². The monoisotopic (exact) mass is 325 g/mol. The number of aliphatic hydroxyl groups is 1. The Morgan fingerprint density at radius 3 is 2.43 bits per heavy atom. The van der Waals surface area contributed by atoms with Gasteiger partial charge in [-0.05, 0) is 37.1 Å². The van der Waals surface area contributed by atoms with Gasteiger partial charge < -0.3 is 5.11 Å². The molecule has 0 aliphatic heterocycles. The Morgan fingerprint density at radius 1 is 1.24 bits per heavy atom. The van der Waals surface area contributed by atoms with Gasteiger partial charge in [0.2, 0.25) is 0 Å². The number of rotatable bonds is 6. The lowest BCUT2D eigenvalue weighted by Gasteiger charge is -2.08. The standard InChI is InChI=1S/C15H19NO3S2/c1-3-4-12-5-7-13(8-6-12)16-21(18,19)15-9-14(10-17)20-11(15)2/h5-9,16-17H,3-4,10H2,1-2H3. The zero-order chi connectivity index (χ0) is 15.5. The molecule has 1 heterocycles. The average Bonchev–Trinajstić information content (AvgIpc) is 2.83. The van der Waals surface area contributed by atoms with Crippen molar-refractivity contribution < 1.29 is 13.5 Å². The molecule has 0 saturated carbocycles. The molecule has 0 aliphatic rings. The lowest BCUT2D eigenvalue weighted by Crippen LogP contribution is -2.13. The Kier molecular flexibility index (Phi) is 5.03. The van der Waals surface area contributed by atoms with Gasteiger partial charge in [-0.25, -0.2) is 8.42 Å². The van der Waals surface area contributed by atoms with E-state index >= 15 is 0 Å². The minimum atomic E-state index is -3.61. The minimum absolute atomic E-state index is 0.146. The van der Waals surface area contributed by atoms with Crippen LogP contribution in [0.25, 0.3) is 0 Å². The molecule has 0 aliphatic carbocycles. The topological polar surface area (TPSA) is 66.4 Å². The number of benzene rings is 1. The summed E-state index contributed by atoms with van der Waals surface area (Å²) in [6, 6.07) is 8.93. The number of nitrogens with one attached hydrogen (secondary N) is 1. The van der Waals surface area contributed by atoms with Gasteiger partial charge in [-0.2, -0.15) is 0 Å². The van der Waals surface area contributed by atoms with Gasteiger partial charge in [-0.15, -0.1) is 11.3 Å². The molecule has 0 radical (unpaired) electrons. The molecule has 114 valence electrons. The maximum Gasteiger partial charge on any atom is 0.263 e. The summed E-state index contributed by atoms with van der Waals surface area (Å²) >= 11 is 1.29. The van der Waals surface area contributed by atoms with Crippen molar-refractivity contribution in [2.24, 2.45) is 0 Å². The molecule has 0 unspecified atom stereocenters. The molecule has 0 amide bonds. The second-order valence-electron chi connectivity index (χ2n) is 4.84. The number of hydrogen-bond acceptors (Lipinski definition) is 4. The summed E-state index contributed by atoms with van der Waals surface area (Å²) in [7, 11) is -3.61. The van der Waals surface area contributed by atoms with Crippen LogP contribution in [0.4, 0.5) is 5.69 Å². The first-order valence-electron chi connectivity index (χ1n) is 6.78. The Hall–Kier alpha value is -1.37. The third-order valence-corrected chi connectivity index (χ3v) is 5.79. The number of thiophene rings is 1. The van der Waals surface area contributed by atoms with E-state index < -0.39 is 10.0 Å². The van der Waals surface area contributed by atoms with E-state index in [4.69, 9.17) is 5.11 Å². The molecular weight excluding hydrogens is 306 g/mol. The maximum absolute atomic E-state index is 12.4. The number of anilines is 1. The van der Waals surface area contributed by atoms with E-state index in [2.05, 4.69) is 11.6 Å². The smallest absolute Gasteiger partial charge is 0.263 e. The highest BCUT2D eigenvalue weighted by Crippen LogP contribution is 2.27. The molecule has 2 N–H and O–H groups in total. The molecule has 2 aromatic rings. The summed E-state index contributed by atoms with van der Waals surface area (Å²) in [4.78, 5) is 1.55. The molecule has 0 bridgehead atoms. The van der Waals surface area contributed by atoms with Gasteiger partial charge in [0, 0.05) is 15.4 Å². The van der Waals surface area contributed by atoms with Crippen LogP contribution in [0.3, 0.4) is 0 Å². The highest BCUT2D eigenvalue weighted by atomic mass is 32.2. The maximum atomic E-state index is 12.4. The summed E-state index contributed by atoms with van der Waals surface area (Å²) in [5.41, 5.74) is 1.74. The summed E-state index contributed by atoms with van der Waals surface area (Å²) in [5.74, 6) is 0. The van der Waals surface area contributed by atoms with E-state index in [1.54, 1.807) is 19.1 Å². The molecule has 0 atom stereocenters.